The maximum absolute atomic E-state index is 12.4. The van der Waals surface area contributed by atoms with Crippen LogP contribution in [0, 0.1) is 0 Å². The molecule has 0 saturated heterocycles. The number of carbonyl (C=O) groups is 2. The van der Waals surface area contributed by atoms with E-state index in [4.69, 9.17) is 5.11 Å². The van der Waals surface area contributed by atoms with Crippen molar-refractivity contribution >= 4 is 27.6 Å². The fraction of sp³-hybridized carbons (Fsp3) is 0.222. The molecule has 0 heterocycles. The van der Waals surface area contributed by atoms with Crippen molar-refractivity contribution < 1.29 is 23.1 Å². The van der Waals surface area contributed by atoms with Gasteiger partial charge < -0.3 is 10.4 Å². The number of hydrogen-bond acceptors (Lipinski definition) is 4. The fourth-order valence-corrected chi connectivity index (χ4v) is 3.22. The van der Waals surface area contributed by atoms with Gasteiger partial charge in [0.05, 0.1) is 10.5 Å². The zero-order chi connectivity index (χ0) is 19.5. The number of hydrogen-bond donors (Lipinski definition) is 3. The second-order valence-corrected chi connectivity index (χ2v) is 8.40. The van der Waals surface area contributed by atoms with Gasteiger partial charge in [-0.15, -0.1) is 0 Å². The van der Waals surface area contributed by atoms with Gasteiger partial charge in [-0.3, -0.25) is 9.52 Å². The lowest BCUT2D eigenvalue weighted by Gasteiger charge is -2.20. The van der Waals surface area contributed by atoms with E-state index in [1.54, 1.807) is 0 Å². The van der Waals surface area contributed by atoms with Crippen LogP contribution in [0.4, 0.5) is 5.69 Å². The van der Waals surface area contributed by atoms with Gasteiger partial charge in [-0.2, -0.15) is 0 Å². The van der Waals surface area contributed by atoms with Gasteiger partial charge in [-0.05, 0) is 63.2 Å². The summed E-state index contributed by atoms with van der Waals surface area (Å²) in [7, 11) is -3.95. The van der Waals surface area contributed by atoms with Crippen LogP contribution in [0.15, 0.2) is 53.4 Å². The van der Waals surface area contributed by atoms with Gasteiger partial charge in [0.2, 0.25) is 0 Å². The standard InChI is InChI=1S/C18H20N2O5S/c1-18(2,3)19-16(21)12-7-9-14(10-8-12)20-26(24,25)15-6-4-5-13(11-15)17(22)23/h4-11,20H,1-3H3,(H,19,21)(H,22,23). The minimum absolute atomic E-state index is 0.123. The van der Waals surface area contributed by atoms with Gasteiger partial charge >= 0.3 is 5.97 Å². The third-order valence-electron chi connectivity index (χ3n) is 3.28. The topological polar surface area (TPSA) is 113 Å². The Balaban J connectivity index is 2.19. The molecule has 2 aromatic rings. The Morgan fingerprint density at radius 2 is 1.58 bits per heavy atom. The lowest BCUT2D eigenvalue weighted by atomic mass is 10.1. The Labute approximate surface area is 152 Å². The number of carboxylic acid groups (broad SMARTS) is 1. The lowest BCUT2D eigenvalue weighted by molar-refractivity contribution is 0.0696. The Bertz CT molecular complexity index is 929. The van der Waals surface area contributed by atoms with Gasteiger partial charge in [0.15, 0.2) is 0 Å². The van der Waals surface area contributed by atoms with E-state index in [2.05, 4.69) is 10.0 Å². The van der Waals surface area contributed by atoms with Crippen LogP contribution in [-0.4, -0.2) is 30.9 Å². The van der Waals surface area contributed by atoms with Crippen LogP contribution in [0.3, 0.4) is 0 Å². The molecule has 0 aliphatic rings. The van der Waals surface area contributed by atoms with E-state index in [1.165, 1.54) is 42.5 Å². The van der Waals surface area contributed by atoms with Crippen LogP contribution in [-0.2, 0) is 10.0 Å². The van der Waals surface area contributed by atoms with Crippen molar-refractivity contribution in [3.05, 3.63) is 59.7 Å². The average molecular weight is 376 g/mol. The molecule has 8 heteroatoms. The summed E-state index contributed by atoms with van der Waals surface area (Å²) in [6.07, 6.45) is 0. The van der Waals surface area contributed by atoms with Crippen molar-refractivity contribution in [2.75, 3.05) is 4.72 Å². The number of nitrogens with one attached hydrogen (secondary N) is 2. The second-order valence-electron chi connectivity index (χ2n) is 6.72. The first kappa shape index (κ1) is 19.5. The molecule has 0 aromatic heterocycles. The summed E-state index contributed by atoms with van der Waals surface area (Å²) in [5.41, 5.74) is 0.155. The van der Waals surface area contributed by atoms with E-state index in [0.29, 0.717) is 5.56 Å². The Hall–Kier alpha value is -2.87. The molecule has 0 radical (unpaired) electrons. The summed E-state index contributed by atoms with van der Waals surface area (Å²) in [5, 5.41) is 11.8. The summed E-state index contributed by atoms with van der Waals surface area (Å²) in [5.74, 6) is -1.47. The lowest BCUT2D eigenvalue weighted by Crippen LogP contribution is -2.40. The highest BCUT2D eigenvalue weighted by atomic mass is 32.2. The molecular weight excluding hydrogens is 356 g/mol. The first-order chi connectivity index (χ1) is 12.0. The fourth-order valence-electron chi connectivity index (χ4n) is 2.11. The first-order valence-electron chi connectivity index (χ1n) is 7.77. The molecular formula is C18H20N2O5S. The maximum atomic E-state index is 12.4. The second kappa shape index (κ2) is 7.17. The number of aromatic carboxylic acids is 1. The van der Waals surface area contributed by atoms with E-state index in [0.717, 1.165) is 6.07 Å². The number of anilines is 1. The number of sulfonamides is 1. The van der Waals surface area contributed by atoms with Crippen LogP contribution in [0.25, 0.3) is 0 Å². The monoisotopic (exact) mass is 376 g/mol. The smallest absolute Gasteiger partial charge is 0.335 e. The summed E-state index contributed by atoms with van der Waals surface area (Å²) in [6, 6.07) is 11.0. The van der Waals surface area contributed by atoms with E-state index in [-0.39, 0.29) is 27.6 Å². The van der Waals surface area contributed by atoms with Crippen molar-refractivity contribution in [1.29, 1.82) is 0 Å². The highest BCUT2D eigenvalue weighted by Gasteiger charge is 2.18. The molecule has 0 saturated carbocycles. The minimum Gasteiger partial charge on any atom is -0.478 e. The number of benzene rings is 2. The third-order valence-corrected chi connectivity index (χ3v) is 4.66. The molecule has 0 bridgehead atoms. The highest BCUT2D eigenvalue weighted by molar-refractivity contribution is 7.92. The van der Waals surface area contributed by atoms with Gasteiger partial charge in [0.25, 0.3) is 15.9 Å². The van der Waals surface area contributed by atoms with Gasteiger partial charge in [0.1, 0.15) is 0 Å². The van der Waals surface area contributed by atoms with Crippen LogP contribution in [0.1, 0.15) is 41.5 Å². The van der Waals surface area contributed by atoms with E-state index in [1.807, 2.05) is 20.8 Å². The van der Waals surface area contributed by atoms with E-state index < -0.39 is 16.0 Å². The first-order valence-corrected chi connectivity index (χ1v) is 9.25. The average Bonchev–Trinajstić information content (AvgIpc) is 2.53. The summed E-state index contributed by atoms with van der Waals surface area (Å²) in [4.78, 5) is 22.9. The normalized spacial score (nSPS) is 11.7. The Morgan fingerprint density at radius 1 is 0.962 bits per heavy atom. The van der Waals surface area contributed by atoms with Crippen molar-refractivity contribution in [3.63, 3.8) is 0 Å². The largest absolute Gasteiger partial charge is 0.478 e. The van der Waals surface area contributed by atoms with Crippen molar-refractivity contribution in [2.24, 2.45) is 0 Å². The van der Waals surface area contributed by atoms with Crippen LogP contribution < -0.4 is 10.0 Å². The number of rotatable bonds is 5. The summed E-state index contributed by atoms with van der Waals surface area (Å²) in [6.45, 7) is 5.58. The predicted molar refractivity (Wildman–Crippen MR) is 97.9 cm³/mol. The zero-order valence-corrected chi connectivity index (χ0v) is 15.4. The van der Waals surface area contributed by atoms with Crippen molar-refractivity contribution in [2.45, 2.75) is 31.2 Å². The van der Waals surface area contributed by atoms with Crippen LogP contribution >= 0.6 is 0 Å². The molecule has 0 aliphatic carbocycles. The predicted octanol–water partition coefficient (Wildman–Crippen LogP) is 2.71. The highest BCUT2D eigenvalue weighted by Crippen LogP contribution is 2.18. The SMILES string of the molecule is CC(C)(C)NC(=O)c1ccc(NS(=O)(=O)c2cccc(C(=O)O)c2)cc1. The molecule has 26 heavy (non-hydrogen) atoms. The van der Waals surface area contributed by atoms with E-state index >= 15 is 0 Å². The zero-order valence-electron chi connectivity index (χ0n) is 14.6. The van der Waals surface area contributed by atoms with Gasteiger partial charge in [0, 0.05) is 16.8 Å². The molecule has 138 valence electrons. The number of carboxylic acids is 1. The molecule has 0 aliphatic heterocycles. The number of amides is 1. The van der Waals surface area contributed by atoms with Gasteiger partial charge in [-0.1, -0.05) is 6.07 Å². The molecule has 0 atom stereocenters. The Morgan fingerprint density at radius 3 is 2.12 bits per heavy atom. The Kier molecular flexibility index (Phi) is 5.36. The van der Waals surface area contributed by atoms with E-state index in [9.17, 15) is 18.0 Å². The molecule has 2 aromatic carbocycles. The van der Waals surface area contributed by atoms with Crippen molar-refractivity contribution in [3.8, 4) is 0 Å². The quantitative estimate of drug-likeness (QED) is 0.743. The molecule has 0 fully saturated rings. The third kappa shape index (κ3) is 5.06. The molecule has 7 nitrogen and oxygen atoms in total. The molecule has 0 unspecified atom stereocenters. The minimum atomic E-state index is -3.95. The summed E-state index contributed by atoms with van der Waals surface area (Å²) >= 11 is 0. The molecule has 2 rings (SSSR count). The summed E-state index contributed by atoms with van der Waals surface area (Å²) < 4.78 is 27.2. The van der Waals surface area contributed by atoms with Gasteiger partial charge in [-0.25, -0.2) is 13.2 Å². The van der Waals surface area contributed by atoms with Crippen LogP contribution in [0.5, 0.6) is 0 Å². The van der Waals surface area contributed by atoms with Crippen molar-refractivity contribution in [1.82, 2.24) is 5.32 Å². The molecule has 0 spiro atoms. The number of carbonyl (C=O) groups excluding carboxylic acids is 1. The molecule has 3 N–H and O–H groups in total. The van der Waals surface area contributed by atoms with Crippen LogP contribution in [0.2, 0.25) is 0 Å². The maximum Gasteiger partial charge on any atom is 0.335 e. The molecule has 1 amide bonds.